The Hall–Kier alpha value is -3.68. The van der Waals surface area contributed by atoms with Crippen molar-refractivity contribution in [3.05, 3.63) is 77.2 Å². The first-order valence-corrected chi connectivity index (χ1v) is 9.56. The molecule has 0 aliphatic carbocycles. The van der Waals surface area contributed by atoms with Crippen molar-refractivity contribution in [2.45, 2.75) is 19.0 Å². The smallest absolute Gasteiger partial charge is 0.322 e. The van der Waals surface area contributed by atoms with Gasteiger partial charge in [-0.3, -0.25) is 14.5 Å². The predicted molar refractivity (Wildman–Crippen MR) is 109 cm³/mol. The van der Waals surface area contributed by atoms with E-state index in [1.54, 1.807) is 14.0 Å². The summed E-state index contributed by atoms with van der Waals surface area (Å²) < 4.78 is 13.1. The molecule has 8 heteroatoms. The first kappa shape index (κ1) is 19.6. The molecule has 2 atom stereocenters. The maximum absolute atomic E-state index is 13.3. The van der Waals surface area contributed by atoms with Gasteiger partial charge in [-0.05, 0) is 36.8 Å². The van der Waals surface area contributed by atoms with Gasteiger partial charge < -0.3 is 15.5 Å². The molecule has 154 valence electrons. The summed E-state index contributed by atoms with van der Waals surface area (Å²) in [5.74, 6) is -1.10. The second-order valence-electron chi connectivity index (χ2n) is 7.32. The molecule has 2 aliphatic rings. The lowest BCUT2D eigenvalue weighted by atomic mass is 9.96. The van der Waals surface area contributed by atoms with Crippen molar-refractivity contribution in [1.82, 2.24) is 15.1 Å². The Kier molecular flexibility index (Phi) is 4.99. The van der Waals surface area contributed by atoms with E-state index in [1.165, 1.54) is 34.1 Å². The number of nitrogens with one attached hydrogen (secondary N) is 2. The molecule has 2 aromatic rings. The average Bonchev–Trinajstić information content (AvgIpc) is 3.10. The monoisotopic (exact) mass is 408 g/mol. The van der Waals surface area contributed by atoms with Crippen LogP contribution >= 0.6 is 0 Å². The van der Waals surface area contributed by atoms with E-state index in [0.717, 1.165) is 5.56 Å². The summed E-state index contributed by atoms with van der Waals surface area (Å²) in [6, 6.07) is 13.0. The van der Waals surface area contributed by atoms with Gasteiger partial charge in [-0.25, -0.2) is 9.18 Å². The summed E-state index contributed by atoms with van der Waals surface area (Å²) in [7, 11) is 1.60. The Bertz CT molecular complexity index is 1040. The van der Waals surface area contributed by atoms with Crippen molar-refractivity contribution < 1.29 is 18.8 Å². The highest BCUT2D eigenvalue weighted by molar-refractivity contribution is 6.05. The number of benzene rings is 2. The summed E-state index contributed by atoms with van der Waals surface area (Å²) in [6.07, 6.45) is 0. The number of rotatable bonds is 4. The maximum atomic E-state index is 13.3. The zero-order chi connectivity index (χ0) is 21.4. The highest BCUT2D eigenvalue weighted by Gasteiger charge is 2.45. The number of urea groups is 1. The van der Waals surface area contributed by atoms with Crippen molar-refractivity contribution >= 4 is 23.5 Å². The van der Waals surface area contributed by atoms with Gasteiger partial charge in [0.15, 0.2) is 0 Å². The predicted octanol–water partition coefficient (Wildman–Crippen LogP) is 2.65. The van der Waals surface area contributed by atoms with Crippen LogP contribution in [0.15, 0.2) is 65.9 Å². The third-order valence-electron chi connectivity index (χ3n) is 5.48. The van der Waals surface area contributed by atoms with Crippen molar-refractivity contribution in [2.75, 3.05) is 18.9 Å². The minimum absolute atomic E-state index is 0.152. The molecule has 7 nitrogen and oxygen atoms in total. The number of carbonyl (C=O) groups excluding carboxylic acids is 3. The van der Waals surface area contributed by atoms with Crippen LogP contribution in [-0.4, -0.2) is 47.3 Å². The van der Waals surface area contributed by atoms with E-state index in [1.807, 2.05) is 30.3 Å². The van der Waals surface area contributed by atoms with Crippen LogP contribution in [0.4, 0.5) is 14.9 Å². The van der Waals surface area contributed by atoms with Crippen molar-refractivity contribution in [1.29, 1.82) is 0 Å². The third kappa shape index (κ3) is 3.41. The van der Waals surface area contributed by atoms with Crippen LogP contribution in [0, 0.1) is 5.82 Å². The molecule has 0 radical (unpaired) electrons. The summed E-state index contributed by atoms with van der Waals surface area (Å²) in [4.78, 5) is 41.3. The van der Waals surface area contributed by atoms with Gasteiger partial charge in [-0.1, -0.05) is 30.3 Å². The minimum Gasteiger partial charge on any atom is -0.327 e. The van der Waals surface area contributed by atoms with E-state index in [-0.39, 0.29) is 18.5 Å². The number of amides is 4. The molecular weight excluding hydrogens is 387 g/mol. The van der Waals surface area contributed by atoms with Gasteiger partial charge in [0.1, 0.15) is 11.9 Å². The standard InChI is InChI=1S/C22H21FN4O3/c1-13(20(28)24-16-10-8-15(23)9-11-16)27-12-17-18(21(27)29)19(25-22(30)26(17)2)14-6-4-3-5-7-14/h3-11,13,19H,12H2,1-2H3,(H,24,28)(H,25,30). The number of hydrogen-bond acceptors (Lipinski definition) is 3. The molecule has 4 rings (SSSR count). The maximum Gasteiger partial charge on any atom is 0.322 e. The number of carbonyl (C=O) groups is 3. The highest BCUT2D eigenvalue weighted by atomic mass is 19.1. The molecule has 4 amide bonds. The van der Waals surface area contributed by atoms with Crippen LogP contribution in [0.2, 0.25) is 0 Å². The zero-order valence-corrected chi connectivity index (χ0v) is 16.6. The molecule has 30 heavy (non-hydrogen) atoms. The molecule has 2 N–H and O–H groups in total. The topological polar surface area (TPSA) is 81.8 Å². The van der Waals surface area contributed by atoms with Crippen LogP contribution in [0.3, 0.4) is 0 Å². The Balaban J connectivity index is 1.58. The zero-order valence-electron chi connectivity index (χ0n) is 16.6. The Morgan fingerprint density at radius 2 is 1.80 bits per heavy atom. The van der Waals surface area contributed by atoms with E-state index in [4.69, 9.17) is 0 Å². The van der Waals surface area contributed by atoms with E-state index in [0.29, 0.717) is 17.0 Å². The van der Waals surface area contributed by atoms with E-state index in [9.17, 15) is 18.8 Å². The van der Waals surface area contributed by atoms with Crippen LogP contribution in [-0.2, 0) is 9.59 Å². The molecule has 0 fully saturated rings. The summed E-state index contributed by atoms with van der Waals surface area (Å²) in [5.41, 5.74) is 2.28. The van der Waals surface area contributed by atoms with E-state index in [2.05, 4.69) is 10.6 Å². The SMILES string of the molecule is CC(C(=O)Nc1ccc(F)cc1)N1CC2=C(C1=O)C(c1ccccc1)NC(=O)N2C. The second-order valence-corrected chi connectivity index (χ2v) is 7.32. The van der Waals surface area contributed by atoms with Gasteiger partial charge in [0.2, 0.25) is 5.91 Å². The minimum atomic E-state index is -0.784. The number of anilines is 1. The molecule has 0 aromatic heterocycles. The van der Waals surface area contributed by atoms with Gasteiger partial charge >= 0.3 is 6.03 Å². The van der Waals surface area contributed by atoms with Crippen molar-refractivity contribution in [3.63, 3.8) is 0 Å². The summed E-state index contributed by atoms with van der Waals surface area (Å²) in [5, 5.41) is 5.56. The molecule has 0 spiro atoms. The first-order chi connectivity index (χ1) is 14.4. The lowest BCUT2D eigenvalue weighted by Crippen LogP contribution is -2.45. The molecule has 2 aromatic carbocycles. The highest BCUT2D eigenvalue weighted by Crippen LogP contribution is 2.36. The fraction of sp³-hybridized carbons (Fsp3) is 0.227. The number of halogens is 1. The molecule has 0 saturated carbocycles. The Morgan fingerprint density at radius 3 is 2.47 bits per heavy atom. The van der Waals surface area contributed by atoms with E-state index >= 15 is 0 Å². The van der Waals surface area contributed by atoms with Crippen LogP contribution < -0.4 is 10.6 Å². The second kappa shape index (κ2) is 7.62. The van der Waals surface area contributed by atoms with Crippen LogP contribution in [0.5, 0.6) is 0 Å². The van der Waals surface area contributed by atoms with Gasteiger partial charge in [-0.2, -0.15) is 0 Å². The molecule has 2 aliphatic heterocycles. The Labute approximate surface area is 173 Å². The Morgan fingerprint density at radius 1 is 1.13 bits per heavy atom. The number of hydrogen-bond donors (Lipinski definition) is 2. The van der Waals surface area contributed by atoms with Gasteiger partial charge in [0.05, 0.1) is 23.9 Å². The molecular formula is C22H21FN4O3. The number of nitrogens with zero attached hydrogens (tertiary/aromatic N) is 2. The average molecular weight is 408 g/mol. The fourth-order valence-electron chi connectivity index (χ4n) is 3.72. The normalized spacial score (nSPS) is 19.5. The van der Waals surface area contributed by atoms with Crippen LogP contribution in [0.1, 0.15) is 18.5 Å². The van der Waals surface area contributed by atoms with Gasteiger partial charge in [0, 0.05) is 12.7 Å². The van der Waals surface area contributed by atoms with Crippen molar-refractivity contribution in [2.24, 2.45) is 0 Å². The lowest BCUT2D eigenvalue weighted by molar-refractivity contribution is -0.133. The third-order valence-corrected chi connectivity index (χ3v) is 5.48. The molecule has 2 heterocycles. The van der Waals surface area contributed by atoms with Crippen LogP contribution in [0.25, 0.3) is 0 Å². The van der Waals surface area contributed by atoms with E-state index < -0.39 is 23.8 Å². The van der Waals surface area contributed by atoms with Gasteiger partial charge in [-0.15, -0.1) is 0 Å². The molecule has 2 unspecified atom stereocenters. The first-order valence-electron chi connectivity index (χ1n) is 9.56. The quantitative estimate of drug-likeness (QED) is 0.816. The largest absolute Gasteiger partial charge is 0.327 e. The molecule has 0 saturated heterocycles. The lowest BCUT2D eigenvalue weighted by Gasteiger charge is -2.31. The summed E-state index contributed by atoms with van der Waals surface area (Å²) >= 11 is 0. The summed E-state index contributed by atoms with van der Waals surface area (Å²) in [6.45, 7) is 1.78. The van der Waals surface area contributed by atoms with Gasteiger partial charge in [0.25, 0.3) is 5.91 Å². The molecule has 0 bridgehead atoms. The number of likely N-dealkylation sites (N-methyl/N-ethyl adjacent to an activating group) is 1. The van der Waals surface area contributed by atoms with Crippen molar-refractivity contribution in [3.8, 4) is 0 Å². The fourth-order valence-corrected chi connectivity index (χ4v) is 3.72.